The number of pyridine rings is 1. The van der Waals surface area contributed by atoms with E-state index >= 15 is 0 Å². The molecule has 2 aliphatic heterocycles. The zero-order chi connectivity index (χ0) is 35.9. The van der Waals surface area contributed by atoms with Gasteiger partial charge in [-0.3, -0.25) is 29.6 Å². The summed E-state index contributed by atoms with van der Waals surface area (Å²) in [5, 5.41) is 19.4. The molecule has 51 heavy (non-hydrogen) atoms. The third-order valence-corrected chi connectivity index (χ3v) is 9.82. The minimum atomic E-state index is -0.383. The molecule has 14 heteroatoms. The first kappa shape index (κ1) is 35.6. The monoisotopic (exact) mass is 698 g/mol. The first-order valence-electron chi connectivity index (χ1n) is 17.4. The Balaban J connectivity index is 0.913. The van der Waals surface area contributed by atoms with Crippen molar-refractivity contribution in [1.82, 2.24) is 35.6 Å². The normalized spacial score (nSPS) is 17.0. The van der Waals surface area contributed by atoms with Crippen LogP contribution in [0.15, 0.2) is 53.6 Å². The number of imide groups is 1. The first-order chi connectivity index (χ1) is 24.7. The summed E-state index contributed by atoms with van der Waals surface area (Å²) in [5.41, 5.74) is 4.86. The van der Waals surface area contributed by atoms with E-state index in [0.29, 0.717) is 54.3 Å². The Hall–Kier alpha value is -5.21. The van der Waals surface area contributed by atoms with E-state index in [1.807, 2.05) is 24.3 Å². The second-order valence-electron chi connectivity index (χ2n) is 13.2. The van der Waals surface area contributed by atoms with E-state index in [0.717, 1.165) is 61.3 Å². The van der Waals surface area contributed by atoms with Gasteiger partial charge in [0.15, 0.2) is 0 Å². The summed E-state index contributed by atoms with van der Waals surface area (Å²) in [6, 6.07) is 11.7. The van der Waals surface area contributed by atoms with E-state index in [-0.39, 0.29) is 35.9 Å². The number of piperidine rings is 2. The Bertz CT molecular complexity index is 1900. The van der Waals surface area contributed by atoms with Crippen LogP contribution in [0.4, 0.5) is 5.69 Å². The summed E-state index contributed by atoms with van der Waals surface area (Å²) in [6.07, 6.45) is 7.28. The predicted octanol–water partition coefficient (Wildman–Crippen LogP) is 2.64. The number of methoxy groups -OCH3 is 2. The van der Waals surface area contributed by atoms with Crippen LogP contribution in [0.25, 0.3) is 22.0 Å². The minimum Gasteiger partial charge on any atom is -0.496 e. The van der Waals surface area contributed by atoms with Crippen LogP contribution in [-0.4, -0.2) is 90.4 Å². The van der Waals surface area contributed by atoms with Gasteiger partial charge in [0.1, 0.15) is 23.1 Å². The summed E-state index contributed by atoms with van der Waals surface area (Å²) in [6.45, 7) is 4.06. The van der Waals surface area contributed by atoms with Crippen LogP contribution >= 0.6 is 0 Å². The summed E-state index contributed by atoms with van der Waals surface area (Å²) >= 11 is 0. The molecule has 5 N–H and O–H groups in total. The number of aryl methyl sites for hydroxylation is 1. The molecule has 0 saturated carbocycles. The van der Waals surface area contributed by atoms with Crippen LogP contribution in [-0.2, 0) is 28.0 Å². The molecule has 0 spiro atoms. The van der Waals surface area contributed by atoms with Crippen LogP contribution in [0.2, 0.25) is 0 Å². The van der Waals surface area contributed by atoms with Gasteiger partial charge in [-0.2, -0.15) is 5.10 Å². The smallest absolute Gasteiger partial charge is 0.276 e. The minimum absolute atomic E-state index is 0.0774. The Labute approximate surface area is 296 Å². The molecule has 1 unspecified atom stereocenters. The van der Waals surface area contributed by atoms with Gasteiger partial charge in [0, 0.05) is 55.0 Å². The molecule has 2 aromatic heterocycles. The molecule has 0 radical (unpaired) electrons. The molecule has 2 aromatic carbocycles. The van der Waals surface area contributed by atoms with Gasteiger partial charge < -0.3 is 34.9 Å². The molecule has 3 amide bonds. The predicted molar refractivity (Wildman–Crippen MR) is 194 cm³/mol. The highest BCUT2D eigenvalue weighted by atomic mass is 16.5. The number of rotatable bonds is 14. The Kier molecular flexibility index (Phi) is 11.3. The van der Waals surface area contributed by atoms with Gasteiger partial charge in [-0.15, -0.1) is 0 Å². The summed E-state index contributed by atoms with van der Waals surface area (Å²) < 4.78 is 13.0. The fourth-order valence-corrected chi connectivity index (χ4v) is 6.96. The lowest BCUT2D eigenvalue weighted by Gasteiger charge is -2.32. The molecule has 2 aliphatic rings. The number of aromatic amines is 1. The second kappa shape index (κ2) is 16.2. The number of carbonyl (C=O) groups excluding carboxylic acids is 3. The zero-order valence-corrected chi connectivity index (χ0v) is 29.3. The van der Waals surface area contributed by atoms with Gasteiger partial charge in [-0.25, -0.2) is 0 Å². The average molecular weight is 699 g/mol. The molecule has 2 fully saturated rings. The highest BCUT2D eigenvalue weighted by Gasteiger charge is 2.27. The fraction of sp³-hybridized carbons (Fsp3) is 0.432. The standard InChI is InChI=1S/C37H46N8O6/c1-44-22-29(27-20-40-43-35(27)37(44)49)25-17-31(50-2)28(32(18-25)51-3)19-38-21-34(47)39-13-4-14-45-15-11-24(12-16-45)23-5-7-26(8-6-23)41-30-9-10-33(46)42-36(30)48/h5-8,17-18,20,22,24,30,38,41H,4,9-16,19,21H2,1-3H3,(H,39,47)(H,40,43)(H,42,46,48). The first-order valence-corrected chi connectivity index (χ1v) is 17.4. The van der Waals surface area contributed by atoms with Gasteiger partial charge in [0.2, 0.25) is 17.7 Å². The van der Waals surface area contributed by atoms with E-state index in [2.05, 4.69) is 48.5 Å². The van der Waals surface area contributed by atoms with Crippen molar-refractivity contribution in [2.75, 3.05) is 52.3 Å². The van der Waals surface area contributed by atoms with Gasteiger partial charge in [-0.05, 0) is 86.6 Å². The van der Waals surface area contributed by atoms with Crippen LogP contribution in [0, 0.1) is 0 Å². The Morgan fingerprint density at radius 2 is 1.75 bits per heavy atom. The fourth-order valence-electron chi connectivity index (χ4n) is 6.96. The summed E-state index contributed by atoms with van der Waals surface area (Å²) in [7, 11) is 4.88. The van der Waals surface area contributed by atoms with Gasteiger partial charge in [0.05, 0.1) is 27.0 Å². The molecular weight excluding hydrogens is 652 g/mol. The van der Waals surface area contributed by atoms with Crippen molar-refractivity contribution in [3.63, 3.8) is 0 Å². The van der Waals surface area contributed by atoms with E-state index < -0.39 is 0 Å². The zero-order valence-electron chi connectivity index (χ0n) is 29.3. The van der Waals surface area contributed by atoms with Crippen molar-refractivity contribution in [3.8, 4) is 22.6 Å². The molecule has 4 aromatic rings. The van der Waals surface area contributed by atoms with E-state index in [4.69, 9.17) is 9.47 Å². The lowest BCUT2D eigenvalue weighted by molar-refractivity contribution is -0.133. The molecule has 1 atom stereocenters. The molecule has 14 nitrogen and oxygen atoms in total. The average Bonchev–Trinajstić information content (AvgIpc) is 3.64. The summed E-state index contributed by atoms with van der Waals surface area (Å²) in [4.78, 5) is 51.0. The second-order valence-corrected chi connectivity index (χ2v) is 13.2. The number of hydrogen-bond donors (Lipinski definition) is 5. The van der Waals surface area contributed by atoms with Gasteiger partial charge >= 0.3 is 0 Å². The van der Waals surface area contributed by atoms with Crippen molar-refractivity contribution < 1.29 is 23.9 Å². The molecule has 6 rings (SSSR count). The van der Waals surface area contributed by atoms with Crippen molar-refractivity contribution >= 4 is 34.3 Å². The Morgan fingerprint density at radius 1 is 1.02 bits per heavy atom. The number of likely N-dealkylation sites (tertiary alicyclic amines) is 1. The highest BCUT2D eigenvalue weighted by molar-refractivity contribution is 6.01. The number of fused-ring (bicyclic) bond motifs is 1. The topological polar surface area (TPSA) is 172 Å². The van der Waals surface area contributed by atoms with Gasteiger partial charge in [-0.1, -0.05) is 12.1 Å². The molecule has 0 aliphatic carbocycles. The number of benzene rings is 2. The molecule has 4 heterocycles. The van der Waals surface area contributed by atoms with E-state index in [1.54, 1.807) is 33.7 Å². The number of hydrogen-bond acceptors (Lipinski definition) is 10. The largest absolute Gasteiger partial charge is 0.496 e. The maximum absolute atomic E-state index is 12.6. The lowest BCUT2D eigenvalue weighted by Crippen LogP contribution is -2.47. The number of aromatic nitrogens is 3. The van der Waals surface area contributed by atoms with E-state index in [1.165, 1.54) is 10.1 Å². The summed E-state index contributed by atoms with van der Waals surface area (Å²) in [5.74, 6) is 1.14. The number of nitrogens with one attached hydrogen (secondary N) is 5. The van der Waals surface area contributed by atoms with E-state index in [9.17, 15) is 19.2 Å². The number of H-pyrrole nitrogens is 1. The Morgan fingerprint density at radius 3 is 2.43 bits per heavy atom. The van der Waals surface area contributed by atoms with Gasteiger partial charge in [0.25, 0.3) is 5.56 Å². The third kappa shape index (κ3) is 8.40. The quantitative estimate of drug-likeness (QED) is 0.0974. The SMILES string of the molecule is COc1cc(-c2cn(C)c(=O)c3[nH]ncc23)cc(OC)c1CNCC(=O)NCCCN1CCC(c2ccc(NC3CCC(=O)NC3=O)cc2)CC1. The van der Waals surface area contributed by atoms with Crippen molar-refractivity contribution in [2.45, 2.75) is 50.6 Å². The number of amides is 3. The molecular formula is C37H46N8O6. The van der Waals surface area contributed by atoms with Crippen molar-refractivity contribution in [2.24, 2.45) is 7.05 Å². The maximum Gasteiger partial charge on any atom is 0.276 e. The van der Waals surface area contributed by atoms with Crippen LogP contribution in [0.1, 0.15) is 49.1 Å². The van der Waals surface area contributed by atoms with Crippen molar-refractivity contribution in [3.05, 3.63) is 70.3 Å². The number of ether oxygens (including phenoxy) is 2. The van der Waals surface area contributed by atoms with Crippen LogP contribution < -0.4 is 36.3 Å². The molecule has 270 valence electrons. The van der Waals surface area contributed by atoms with Crippen LogP contribution in [0.3, 0.4) is 0 Å². The molecule has 2 saturated heterocycles. The van der Waals surface area contributed by atoms with Crippen LogP contribution in [0.5, 0.6) is 11.5 Å². The maximum atomic E-state index is 12.6. The van der Waals surface area contributed by atoms with Crippen molar-refractivity contribution in [1.29, 1.82) is 0 Å². The third-order valence-electron chi connectivity index (χ3n) is 9.82. The number of carbonyl (C=O) groups is 3. The lowest BCUT2D eigenvalue weighted by atomic mass is 9.89. The number of nitrogens with zero attached hydrogens (tertiary/aromatic N) is 3. The molecule has 0 bridgehead atoms. The number of anilines is 1. The highest BCUT2D eigenvalue weighted by Crippen LogP contribution is 2.37.